The summed E-state index contributed by atoms with van der Waals surface area (Å²) in [5.41, 5.74) is 3.04. The quantitative estimate of drug-likeness (QED) is 0.758. The molecule has 3 aromatic rings. The summed E-state index contributed by atoms with van der Waals surface area (Å²) in [4.78, 5) is 12.1. The number of aromatic amines is 1. The summed E-state index contributed by atoms with van der Waals surface area (Å²) in [7, 11) is 0. The zero-order valence-corrected chi connectivity index (χ0v) is 11.2. The molecule has 2 aromatic heterocycles. The molecular formula is C13H14N6O. The van der Waals surface area contributed by atoms with Crippen molar-refractivity contribution in [2.45, 2.75) is 20.4 Å². The Balaban J connectivity index is 1.88. The number of aromatic nitrogens is 5. The van der Waals surface area contributed by atoms with Gasteiger partial charge in [-0.15, -0.1) is 5.10 Å². The fourth-order valence-corrected chi connectivity index (χ4v) is 2.02. The Morgan fingerprint density at radius 1 is 1.40 bits per heavy atom. The number of H-pyrrole nitrogens is 1. The maximum absolute atomic E-state index is 12.1. The van der Waals surface area contributed by atoms with Gasteiger partial charge >= 0.3 is 0 Å². The van der Waals surface area contributed by atoms with Crippen molar-refractivity contribution >= 4 is 22.8 Å². The summed E-state index contributed by atoms with van der Waals surface area (Å²) in [5.74, 6) is 0.286. The van der Waals surface area contributed by atoms with Crippen molar-refractivity contribution in [1.82, 2.24) is 25.2 Å². The molecule has 0 fully saturated rings. The van der Waals surface area contributed by atoms with Gasteiger partial charge in [-0.3, -0.25) is 9.89 Å². The van der Waals surface area contributed by atoms with E-state index in [0.717, 1.165) is 17.8 Å². The maximum Gasteiger partial charge on any atom is 0.256 e. The summed E-state index contributed by atoms with van der Waals surface area (Å²) >= 11 is 0. The van der Waals surface area contributed by atoms with Crippen LogP contribution < -0.4 is 5.32 Å². The topological polar surface area (TPSA) is 88.5 Å². The monoisotopic (exact) mass is 270 g/mol. The fraction of sp³-hybridized carbons (Fsp3) is 0.231. The number of rotatable bonds is 3. The normalized spacial score (nSPS) is 10.9. The van der Waals surface area contributed by atoms with Crippen LogP contribution in [0.5, 0.6) is 0 Å². The molecule has 3 rings (SSSR count). The number of benzene rings is 1. The standard InChI is InChI=1S/C13H14N6O/c1-3-19-11-5-4-9(7-10(11)16-18-19)13(20)14-12-6-8(2)15-17-12/h4-7H,3H2,1-2H3,(H2,14,15,17,20). The molecule has 0 unspecified atom stereocenters. The summed E-state index contributed by atoms with van der Waals surface area (Å²) in [6.07, 6.45) is 0. The molecule has 0 bridgehead atoms. The van der Waals surface area contributed by atoms with Crippen LogP contribution in [0.1, 0.15) is 23.0 Å². The van der Waals surface area contributed by atoms with Gasteiger partial charge in [-0.25, -0.2) is 4.68 Å². The van der Waals surface area contributed by atoms with Crippen molar-refractivity contribution in [2.24, 2.45) is 0 Å². The van der Waals surface area contributed by atoms with Gasteiger partial charge in [0.1, 0.15) is 5.52 Å². The van der Waals surface area contributed by atoms with E-state index in [-0.39, 0.29) is 5.91 Å². The summed E-state index contributed by atoms with van der Waals surface area (Å²) in [6, 6.07) is 7.10. The highest BCUT2D eigenvalue weighted by Crippen LogP contribution is 2.15. The molecule has 1 aromatic carbocycles. The third-order valence-corrected chi connectivity index (χ3v) is 3.02. The van der Waals surface area contributed by atoms with E-state index in [9.17, 15) is 4.79 Å². The minimum Gasteiger partial charge on any atom is -0.305 e. The van der Waals surface area contributed by atoms with E-state index in [1.54, 1.807) is 22.9 Å². The van der Waals surface area contributed by atoms with Gasteiger partial charge in [0, 0.05) is 23.9 Å². The lowest BCUT2D eigenvalue weighted by molar-refractivity contribution is 0.102. The first-order valence-corrected chi connectivity index (χ1v) is 6.34. The average molecular weight is 270 g/mol. The van der Waals surface area contributed by atoms with E-state index >= 15 is 0 Å². The molecule has 0 atom stereocenters. The van der Waals surface area contributed by atoms with Gasteiger partial charge in [-0.2, -0.15) is 5.10 Å². The summed E-state index contributed by atoms with van der Waals surface area (Å²) in [5, 5.41) is 17.5. The van der Waals surface area contributed by atoms with Crippen LogP contribution in [0, 0.1) is 6.92 Å². The molecular weight excluding hydrogens is 256 g/mol. The Hall–Kier alpha value is -2.70. The van der Waals surface area contributed by atoms with Crippen molar-refractivity contribution in [2.75, 3.05) is 5.32 Å². The van der Waals surface area contributed by atoms with Crippen LogP contribution >= 0.6 is 0 Å². The van der Waals surface area contributed by atoms with Crippen LogP contribution in [0.3, 0.4) is 0 Å². The van der Waals surface area contributed by atoms with Gasteiger partial charge in [-0.05, 0) is 32.0 Å². The predicted octanol–water partition coefficient (Wildman–Crippen LogP) is 1.74. The second kappa shape index (κ2) is 4.76. The predicted molar refractivity (Wildman–Crippen MR) is 74.5 cm³/mol. The van der Waals surface area contributed by atoms with Gasteiger partial charge in [0.2, 0.25) is 0 Å². The first kappa shape index (κ1) is 12.3. The number of carbonyl (C=O) groups is 1. The van der Waals surface area contributed by atoms with Crippen LogP contribution in [0.25, 0.3) is 11.0 Å². The van der Waals surface area contributed by atoms with Crippen LogP contribution in [0.2, 0.25) is 0 Å². The van der Waals surface area contributed by atoms with E-state index in [0.29, 0.717) is 16.9 Å². The maximum atomic E-state index is 12.1. The minimum absolute atomic E-state index is 0.218. The number of aryl methyl sites for hydroxylation is 2. The van der Waals surface area contributed by atoms with Crippen molar-refractivity contribution in [3.63, 3.8) is 0 Å². The minimum atomic E-state index is -0.218. The largest absolute Gasteiger partial charge is 0.305 e. The molecule has 0 aliphatic heterocycles. The molecule has 0 saturated heterocycles. The zero-order valence-electron chi connectivity index (χ0n) is 11.2. The molecule has 102 valence electrons. The second-order valence-corrected chi connectivity index (χ2v) is 4.50. The molecule has 0 spiro atoms. The van der Waals surface area contributed by atoms with Gasteiger partial charge < -0.3 is 5.32 Å². The number of nitrogens with one attached hydrogen (secondary N) is 2. The molecule has 20 heavy (non-hydrogen) atoms. The lowest BCUT2D eigenvalue weighted by atomic mass is 10.2. The molecule has 2 N–H and O–H groups in total. The molecule has 7 nitrogen and oxygen atoms in total. The molecule has 2 heterocycles. The Morgan fingerprint density at radius 2 is 2.25 bits per heavy atom. The van der Waals surface area contributed by atoms with E-state index in [1.807, 2.05) is 19.9 Å². The Labute approximate surface area is 115 Å². The number of carbonyl (C=O) groups excluding carboxylic acids is 1. The molecule has 1 amide bonds. The number of amides is 1. The van der Waals surface area contributed by atoms with Crippen molar-refractivity contribution in [1.29, 1.82) is 0 Å². The molecule has 0 aliphatic carbocycles. The number of anilines is 1. The highest BCUT2D eigenvalue weighted by atomic mass is 16.1. The molecule has 0 saturated carbocycles. The smallest absolute Gasteiger partial charge is 0.256 e. The van der Waals surface area contributed by atoms with Crippen molar-refractivity contribution < 1.29 is 4.79 Å². The van der Waals surface area contributed by atoms with Crippen LogP contribution in [0.15, 0.2) is 24.3 Å². The van der Waals surface area contributed by atoms with Gasteiger partial charge in [0.25, 0.3) is 5.91 Å². The van der Waals surface area contributed by atoms with Crippen molar-refractivity contribution in [3.05, 3.63) is 35.5 Å². The fourth-order valence-electron chi connectivity index (χ4n) is 2.02. The van der Waals surface area contributed by atoms with Crippen LogP contribution in [0.4, 0.5) is 5.82 Å². The van der Waals surface area contributed by atoms with E-state index in [2.05, 4.69) is 25.8 Å². The first-order chi connectivity index (χ1) is 9.67. The number of fused-ring (bicyclic) bond motifs is 1. The van der Waals surface area contributed by atoms with E-state index in [1.165, 1.54) is 0 Å². The number of hydrogen-bond acceptors (Lipinski definition) is 4. The summed E-state index contributed by atoms with van der Waals surface area (Å²) < 4.78 is 1.79. The van der Waals surface area contributed by atoms with E-state index < -0.39 is 0 Å². The van der Waals surface area contributed by atoms with Crippen molar-refractivity contribution in [3.8, 4) is 0 Å². The summed E-state index contributed by atoms with van der Waals surface area (Å²) in [6.45, 7) is 4.61. The SMILES string of the molecule is CCn1nnc2cc(C(=O)Nc3cc(C)[nH]n3)ccc21. The molecule has 7 heteroatoms. The average Bonchev–Trinajstić information content (AvgIpc) is 3.03. The number of hydrogen-bond donors (Lipinski definition) is 2. The number of nitrogens with zero attached hydrogens (tertiary/aromatic N) is 4. The Kier molecular flexibility index (Phi) is 2.94. The second-order valence-electron chi connectivity index (χ2n) is 4.50. The lowest BCUT2D eigenvalue weighted by Gasteiger charge is -2.02. The highest BCUT2D eigenvalue weighted by Gasteiger charge is 2.11. The van der Waals surface area contributed by atoms with Gasteiger partial charge in [-0.1, -0.05) is 5.21 Å². The lowest BCUT2D eigenvalue weighted by Crippen LogP contribution is -2.12. The van der Waals surface area contributed by atoms with Gasteiger partial charge in [0.15, 0.2) is 5.82 Å². The third-order valence-electron chi connectivity index (χ3n) is 3.02. The molecule has 0 aliphatic rings. The molecule has 0 radical (unpaired) electrons. The third kappa shape index (κ3) is 2.13. The zero-order chi connectivity index (χ0) is 14.1. The van der Waals surface area contributed by atoms with Crippen LogP contribution in [-0.2, 0) is 6.54 Å². The van der Waals surface area contributed by atoms with Crippen LogP contribution in [-0.4, -0.2) is 31.1 Å². The Morgan fingerprint density at radius 3 is 2.95 bits per heavy atom. The highest BCUT2D eigenvalue weighted by molar-refractivity contribution is 6.05. The van der Waals surface area contributed by atoms with E-state index in [4.69, 9.17) is 0 Å². The Bertz CT molecular complexity index is 772. The first-order valence-electron chi connectivity index (χ1n) is 6.34. The van der Waals surface area contributed by atoms with Gasteiger partial charge in [0.05, 0.1) is 5.52 Å².